The molecule has 1 heterocycles. The number of rotatable bonds is 6. The van der Waals surface area contributed by atoms with Crippen LogP contribution in [0.4, 0.5) is 4.39 Å². The number of halogens is 1. The topological polar surface area (TPSA) is 98.1 Å². The van der Waals surface area contributed by atoms with Crippen molar-refractivity contribution in [2.24, 2.45) is 0 Å². The number of carbonyl (C=O) groups is 1. The number of aryl methyl sites for hydroxylation is 1. The number of nitrogens with one attached hydrogen (secondary N) is 1. The molecule has 2 aromatic carbocycles. The smallest absolute Gasteiger partial charge is 0.267 e. The van der Waals surface area contributed by atoms with Crippen LogP contribution < -0.4 is 10.9 Å². The standard InChI is InChI=1S/C20H18FN3O4S/c1-14-3-2-4-17(11-14)29(27,28)19-9-10-20(26)24(23-19)13-18(25)22-12-15-5-7-16(21)8-6-15/h2-11H,12-13H2,1H3,(H,22,25). The monoisotopic (exact) mass is 415 g/mol. The van der Waals surface area contributed by atoms with Crippen LogP contribution in [0.2, 0.25) is 0 Å². The van der Waals surface area contributed by atoms with Crippen LogP contribution in [0.5, 0.6) is 0 Å². The molecule has 0 bridgehead atoms. The van der Waals surface area contributed by atoms with E-state index < -0.39 is 27.8 Å². The molecular weight excluding hydrogens is 397 g/mol. The van der Waals surface area contributed by atoms with Crippen LogP contribution in [-0.2, 0) is 27.7 Å². The van der Waals surface area contributed by atoms with Crippen molar-refractivity contribution in [3.63, 3.8) is 0 Å². The molecule has 0 saturated carbocycles. The number of nitrogens with zero attached hydrogens (tertiary/aromatic N) is 2. The van der Waals surface area contributed by atoms with Gasteiger partial charge >= 0.3 is 0 Å². The van der Waals surface area contributed by atoms with Gasteiger partial charge in [-0.2, -0.15) is 5.10 Å². The third-order valence-electron chi connectivity index (χ3n) is 4.11. The Morgan fingerprint density at radius 3 is 2.52 bits per heavy atom. The first-order valence-electron chi connectivity index (χ1n) is 8.67. The summed E-state index contributed by atoms with van der Waals surface area (Å²) in [5.41, 5.74) is 0.834. The van der Waals surface area contributed by atoms with Gasteiger partial charge in [0.1, 0.15) is 12.4 Å². The van der Waals surface area contributed by atoms with Gasteiger partial charge in [0, 0.05) is 12.6 Å². The molecule has 0 fully saturated rings. The van der Waals surface area contributed by atoms with Gasteiger partial charge in [-0.15, -0.1) is 0 Å². The van der Waals surface area contributed by atoms with Crippen molar-refractivity contribution in [3.8, 4) is 0 Å². The summed E-state index contributed by atoms with van der Waals surface area (Å²) in [4.78, 5) is 24.2. The van der Waals surface area contributed by atoms with Gasteiger partial charge in [0.05, 0.1) is 4.90 Å². The number of sulfone groups is 1. The highest BCUT2D eigenvalue weighted by molar-refractivity contribution is 7.91. The normalized spacial score (nSPS) is 11.2. The second-order valence-corrected chi connectivity index (χ2v) is 8.29. The average molecular weight is 415 g/mol. The first-order chi connectivity index (χ1) is 13.8. The zero-order valence-corrected chi connectivity index (χ0v) is 16.3. The Balaban J connectivity index is 1.77. The number of aromatic nitrogens is 2. The highest BCUT2D eigenvalue weighted by Gasteiger charge is 2.21. The predicted molar refractivity (Wildman–Crippen MR) is 103 cm³/mol. The maximum Gasteiger partial charge on any atom is 0.267 e. The minimum absolute atomic E-state index is 0.0518. The van der Waals surface area contributed by atoms with Crippen molar-refractivity contribution in [3.05, 3.63) is 88.0 Å². The summed E-state index contributed by atoms with van der Waals surface area (Å²) in [6.45, 7) is 1.45. The van der Waals surface area contributed by atoms with Gasteiger partial charge in [0.25, 0.3) is 5.56 Å². The second kappa shape index (κ2) is 8.36. The molecule has 7 nitrogen and oxygen atoms in total. The number of amides is 1. The fourth-order valence-electron chi connectivity index (χ4n) is 2.58. The van der Waals surface area contributed by atoms with E-state index in [2.05, 4.69) is 10.4 Å². The summed E-state index contributed by atoms with van der Waals surface area (Å²) in [7, 11) is -3.93. The van der Waals surface area contributed by atoms with E-state index >= 15 is 0 Å². The van der Waals surface area contributed by atoms with Crippen molar-refractivity contribution in [2.45, 2.75) is 29.9 Å². The highest BCUT2D eigenvalue weighted by Crippen LogP contribution is 2.18. The lowest BCUT2D eigenvalue weighted by molar-refractivity contribution is -0.122. The van der Waals surface area contributed by atoms with E-state index in [-0.39, 0.29) is 22.3 Å². The summed E-state index contributed by atoms with van der Waals surface area (Å²) >= 11 is 0. The zero-order chi connectivity index (χ0) is 21.0. The molecule has 3 aromatic rings. The van der Waals surface area contributed by atoms with E-state index in [1.54, 1.807) is 19.1 Å². The molecule has 0 aliphatic carbocycles. The van der Waals surface area contributed by atoms with Crippen molar-refractivity contribution in [2.75, 3.05) is 0 Å². The first kappa shape index (κ1) is 20.4. The molecule has 0 aliphatic rings. The Bertz CT molecular complexity index is 1200. The van der Waals surface area contributed by atoms with Gasteiger partial charge in [-0.05, 0) is 48.4 Å². The van der Waals surface area contributed by atoms with Crippen molar-refractivity contribution >= 4 is 15.7 Å². The molecule has 1 aromatic heterocycles. The SMILES string of the molecule is Cc1cccc(S(=O)(=O)c2ccc(=O)n(CC(=O)NCc3ccc(F)cc3)n2)c1. The zero-order valence-electron chi connectivity index (χ0n) is 15.5. The second-order valence-electron chi connectivity index (χ2n) is 6.39. The molecule has 0 spiro atoms. The largest absolute Gasteiger partial charge is 0.350 e. The fraction of sp³-hybridized carbons (Fsp3) is 0.150. The molecule has 9 heteroatoms. The summed E-state index contributed by atoms with van der Waals surface area (Å²) in [6, 6.07) is 14.1. The summed E-state index contributed by atoms with van der Waals surface area (Å²) in [6.07, 6.45) is 0. The lowest BCUT2D eigenvalue weighted by Gasteiger charge is -2.09. The number of hydrogen-bond donors (Lipinski definition) is 1. The molecule has 0 saturated heterocycles. The molecule has 1 amide bonds. The fourth-order valence-corrected chi connectivity index (χ4v) is 3.88. The Morgan fingerprint density at radius 1 is 1.10 bits per heavy atom. The van der Waals surface area contributed by atoms with Gasteiger partial charge in [0.2, 0.25) is 15.7 Å². The third kappa shape index (κ3) is 4.94. The third-order valence-corrected chi connectivity index (χ3v) is 5.76. The molecule has 0 aliphatic heterocycles. The van der Waals surface area contributed by atoms with Crippen LogP contribution in [-0.4, -0.2) is 24.1 Å². The van der Waals surface area contributed by atoms with E-state index in [0.29, 0.717) is 5.56 Å². The van der Waals surface area contributed by atoms with Gasteiger partial charge in [-0.25, -0.2) is 17.5 Å². The van der Waals surface area contributed by atoms with Crippen LogP contribution in [0.3, 0.4) is 0 Å². The van der Waals surface area contributed by atoms with Gasteiger partial charge < -0.3 is 5.32 Å². The number of hydrogen-bond acceptors (Lipinski definition) is 5. The molecular formula is C20H18FN3O4S. The summed E-state index contributed by atoms with van der Waals surface area (Å²) < 4.78 is 39.2. The van der Waals surface area contributed by atoms with Crippen LogP contribution in [0.15, 0.2) is 75.4 Å². The Morgan fingerprint density at radius 2 is 1.83 bits per heavy atom. The summed E-state index contributed by atoms with van der Waals surface area (Å²) in [5, 5.41) is 6.12. The molecule has 29 heavy (non-hydrogen) atoms. The quantitative estimate of drug-likeness (QED) is 0.663. The van der Waals surface area contributed by atoms with Crippen LogP contribution >= 0.6 is 0 Å². The minimum atomic E-state index is -3.93. The summed E-state index contributed by atoms with van der Waals surface area (Å²) in [5.74, 6) is -0.920. The molecule has 0 radical (unpaired) electrons. The minimum Gasteiger partial charge on any atom is -0.350 e. The molecule has 150 valence electrons. The Kier molecular flexibility index (Phi) is 5.88. The van der Waals surface area contributed by atoms with Crippen LogP contribution in [0, 0.1) is 12.7 Å². The van der Waals surface area contributed by atoms with E-state index in [1.165, 1.54) is 36.4 Å². The van der Waals surface area contributed by atoms with Crippen molar-refractivity contribution < 1.29 is 17.6 Å². The van der Waals surface area contributed by atoms with E-state index in [0.717, 1.165) is 22.4 Å². The van der Waals surface area contributed by atoms with E-state index in [4.69, 9.17) is 0 Å². The van der Waals surface area contributed by atoms with Gasteiger partial charge in [0.15, 0.2) is 5.03 Å². The highest BCUT2D eigenvalue weighted by atomic mass is 32.2. The van der Waals surface area contributed by atoms with E-state index in [1.807, 2.05) is 0 Å². The predicted octanol–water partition coefficient (Wildman–Crippen LogP) is 1.84. The average Bonchev–Trinajstić information content (AvgIpc) is 2.69. The van der Waals surface area contributed by atoms with Gasteiger partial charge in [-0.3, -0.25) is 9.59 Å². The maximum atomic E-state index is 12.9. The van der Waals surface area contributed by atoms with Crippen LogP contribution in [0.25, 0.3) is 0 Å². The lowest BCUT2D eigenvalue weighted by atomic mass is 10.2. The van der Waals surface area contributed by atoms with E-state index in [9.17, 15) is 22.4 Å². The molecule has 0 atom stereocenters. The van der Waals surface area contributed by atoms with Crippen molar-refractivity contribution in [1.29, 1.82) is 0 Å². The first-order valence-corrected chi connectivity index (χ1v) is 10.1. The molecule has 3 rings (SSSR count). The van der Waals surface area contributed by atoms with Crippen LogP contribution in [0.1, 0.15) is 11.1 Å². The number of carbonyl (C=O) groups excluding carboxylic acids is 1. The molecule has 1 N–H and O–H groups in total. The maximum absolute atomic E-state index is 12.9. The van der Waals surface area contributed by atoms with Crippen molar-refractivity contribution in [1.82, 2.24) is 15.1 Å². The van der Waals surface area contributed by atoms with Gasteiger partial charge in [-0.1, -0.05) is 24.3 Å². The lowest BCUT2D eigenvalue weighted by Crippen LogP contribution is -2.33. The Labute approximate surface area is 166 Å². The Hall–Kier alpha value is -3.33. The number of benzene rings is 2. The molecule has 0 unspecified atom stereocenters.